The Balaban J connectivity index is 1.54. The van der Waals surface area contributed by atoms with Crippen LogP contribution in [0.5, 0.6) is 11.5 Å². The maximum atomic E-state index is 14.6. The van der Waals surface area contributed by atoms with Gasteiger partial charge in [0.05, 0.1) is 25.5 Å². The number of primary amides is 1. The molecule has 13 amide bonds. The first kappa shape index (κ1) is 88.3. The molecule has 0 spiro atoms. The maximum absolute atomic E-state index is 14.6. The molecular weight excluding hydrogens is 1390 g/mol. The lowest BCUT2D eigenvalue weighted by molar-refractivity contribution is -0.138. The van der Waals surface area contributed by atoms with Gasteiger partial charge in [-0.15, -0.1) is 0 Å². The molecule has 2 heterocycles. The van der Waals surface area contributed by atoms with Crippen LogP contribution in [0.2, 0.25) is 0 Å². The van der Waals surface area contributed by atoms with Gasteiger partial charge in [0.25, 0.3) is 0 Å². The van der Waals surface area contributed by atoms with Crippen molar-refractivity contribution in [1.29, 1.82) is 0 Å². The zero-order chi connectivity index (χ0) is 78.9. The van der Waals surface area contributed by atoms with Crippen LogP contribution in [0.4, 0.5) is 0 Å². The molecule has 1 aliphatic heterocycles. The number of benzene rings is 2. The zero-order valence-electron chi connectivity index (χ0n) is 61.5. The van der Waals surface area contributed by atoms with Gasteiger partial charge in [-0.25, -0.2) is 4.98 Å². The van der Waals surface area contributed by atoms with Crippen LogP contribution in [0.1, 0.15) is 130 Å². The summed E-state index contributed by atoms with van der Waals surface area (Å²) in [5, 5.41) is 49.2. The van der Waals surface area contributed by atoms with Crippen LogP contribution in [-0.2, 0) is 81.6 Å². The number of hydrogen-bond donors (Lipinski definition) is 20. The van der Waals surface area contributed by atoms with Crippen LogP contribution in [0, 0.1) is 23.7 Å². The second kappa shape index (κ2) is 44.6. The number of aromatic nitrogens is 2. The second-order valence-corrected chi connectivity index (χ2v) is 28.2. The summed E-state index contributed by atoms with van der Waals surface area (Å²) in [7, 11) is 0. The molecule has 0 saturated carbocycles. The monoisotopic (exact) mass is 1500 g/mol. The van der Waals surface area contributed by atoms with Crippen molar-refractivity contribution in [2.45, 2.75) is 199 Å². The minimum atomic E-state index is -1.49. The number of unbranched alkanes of at least 4 members (excludes halogenated alkanes) is 1. The first-order valence-corrected chi connectivity index (χ1v) is 36.3. The Morgan fingerprint density at radius 1 is 0.547 bits per heavy atom. The molecule has 0 radical (unpaired) electrons. The lowest BCUT2D eigenvalue weighted by Gasteiger charge is -2.29. The quantitative estimate of drug-likeness (QED) is 0.0114. The van der Waals surface area contributed by atoms with E-state index in [9.17, 15) is 72.5 Å². The van der Waals surface area contributed by atoms with Gasteiger partial charge in [0, 0.05) is 50.0 Å². The average Bonchev–Trinajstić information content (AvgIpc) is 1.69. The SMILES string of the molecule is CC(C)C[C@H](NC(=O)[C@@H](NC(=O)[C@H](CS)NC(=O)[C@H](Cc1ccc(O)cc1)NC(=O)CNC(=O)[C@H](Cc1ccc(O)cc1)NC(=O)[C@@H](NC(=O)[C@H](CCCCN)NC(=O)[C@H](Cc1cnc[nH]1)NC(=O)[C@H](CCCN=C(N)N)NC(=O)[C@@H](N)CC(C)C)C(C)C)C(C)C)C(=O)NCC(=O)N1CCC[C@H]1C(N)=O. The van der Waals surface area contributed by atoms with Gasteiger partial charge in [-0.2, -0.15) is 12.6 Å². The van der Waals surface area contributed by atoms with Crippen LogP contribution >= 0.6 is 12.6 Å². The topological polar surface area (TPSA) is 569 Å². The van der Waals surface area contributed by atoms with E-state index < -0.39 is 168 Å². The average molecular weight is 1500 g/mol. The summed E-state index contributed by atoms with van der Waals surface area (Å²) < 4.78 is 0. The van der Waals surface area contributed by atoms with Crippen molar-refractivity contribution in [2.24, 2.45) is 57.3 Å². The fourth-order valence-corrected chi connectivity index (χ4v) is 11.8. The molecule has 1 saturated heterocycles. The van der Waals surface area contributed by atoms with Gasteiger partial charge < -0.3 is 107 Å². The number of aromatic hydroxyl groups is 2. The number of phenolic OH excluding ortho intramolecular Hbond substituents is 2. The minimum absolute atomic E-state index is 0.00154. The fourth-order valence-electron chi connectivity index (χ4n) is 11.5. The summed E-state index contributed by atoms with van der Waals surface area (Å²) in [4.78, 5) is 193. The number of carbonyl (C=O) groups excluding carboxylic acids is 13. The Labute approximate surface area is 622 Å². The van der Waals surface area contributed by atoms with E-state index >= 15 is 0 Å². The Hall–Kier alpha value is -10.1. The van der Waals surface area contributed by atoms with Crippen molar-refractivity contribution in [3.8, 4) is 11.5 Å². The van der Waals surface area contributed by atoms with Gasteiger partial charge >= 0.3 is 0 Å². The largest absolute Gasteiger partial charge is 0.508 e. The van der Waals surface area contributed by atoms with Crippen molar-refractivity contribution in [3.63, 3.8) is 0 Å². The van der Waals surface area contributed by atoms with Crippen molar-refractivity contribution in [3.05, 3.63) is 77.9 Å². The smallest absolute Gasteiger partial charge is 0.244 e. The van der Waals surface area contributed by atoms with Crippen molar-refractivity contribution < 1.29 is 72.5 Å². The third-order valence-electron chi connectivity index (χ3n) is 17.3. The fraction of sp³-hybridized carbons (Fsp3) is 0.586. The molecule has 1 aromatic heterocycles. The highest BCUT2D eigenvalue weighted by Crippen LogP contribution is 2.19. The first-order chi connectivity index (χ1) is 50.1. The molecule has 0 unspecified atom stereocenters. The molecule has 1 fully saturated rings. The minimum Gasteiger partial charge on any atom is -0.508 e. The Morgan fingerprint density at radius 2 is 1.00 bits per heavy atom. The Bertz CT molecular complexity index is 3450. The van der Waals surface area contributed by atoms with Gasteiger partial charge in [-0.1, -0.05) is 79.7 Å². The molecule has 586 valence electrons. The number of guanidine groups is 1. The molecule has 106 heavy (non-hydrogen) atoms. The van der Waals surface area contributed by atoms with Crippen molar-refractivity contribution >= 4 is 95.4 Å². The number of nitrogens with two attached hydrogens (primary N) is 5. The Kier molecular flexibility index (Phi) is 37.2. The number of imidazole rings is 1. The van der Waals surface area contributed by atoms with Crippen LogP contribution in [0.3, 0.4) is 0 Å². The van der Waals surface area contributed by atoms with E-state index in [4.69, 9.17) is 28.7 Å². The van der Waals surface area contributed by atoms with E-state index in [-0.39, 0.29) is 99.6 Å². The Morgan fingerprint density at radius 3 is 1.50 bits per heavy atom. The van der Waals surface area contributed by atoms with Gasteiger partial charge in [0.1, 0.15) is 71.9 Å². The first-order valence-electron chi connectivity index (χ1n) is 35.6. The second-order valence-electron chi connectivity index (χ2n) is 27.8. The molecule has 11 atom stereocenters. The predicted octanol–water partition coefficient (Wildman–Crippen LogP) is -3.24. The van der Waals surface area contributed by atoms with E-state index in [0.29, 0.717) is 48.9 Å². The summed E-state index contributed by atoms with van der Waals surface area (Å²) in [5.41, 5.74) is 29.8. The number of nitrogens with zero attached hydrogens (tertiary/aromatic N) is 3. The zero-order valence-corrected chi connectivity index (χ0v) is 62.4. The van der Waals surface area contributed by atoms with Gasteiger partial charge in [0.15, 0.2) is 5.96 Å². The van der Waals surface area contributed by atoms with Crippen LogP contribution in [0.15, 0.2) is 66.0 Å². The third kappa shape index (κ3) is 30.5. The van der Waals surface area contributed by atoms with E-state index in [1.807, 2.05) is 27.7 Å². The van der Waals surface area contributed by atoms with Crippen molar-refractivity contribution in [2.75, 3.05) is 38.5 Å². The summed E-state index contributed by atoms with van der Waals surface area (Å²) >= 11 is 4.33. The number of H-pyrrole nitrogens is 1. The van der Waals surface area contributed by atoms with Crippen LogP contribution in [-0.4, -0.2) is 213 Å². The van der Waals surface area contributed by atoms with Crippen LogP contribution < -0.4 is 87.2 Å². The summed E-state index contributed by atoms with van der Waals surface area (Å²) in [6.45, 7) is 13.2. The number of aromatic amines is 1. The molecule has 36 heteroatoms. The standard InChI is InChI=1S/C70H110N20O15S/c1-37(2)27-46(72)60(96)82-48(14-11-25-77-70(74)75)63(99)84-52(31-43-32-76-36-80-43)66(102)83-47(13-9-10-24-71)64(100)88-57(39(5)6)69(105)86-50(29-41-16-20-44(91)21-17-41)62(98)78-33-55(93)81-51(30-42-18-22-45(92)23-19-42)65(101)87-53(35-106)67(103)89-58(40(7)8)68(104)85-49(28-38(3)4)61(97)79-34-56(94)90-26-12-15-54(90)59(73)95/h16-23,32,36-40,46-54,57-58,91-92,106H,9-15,24-31,33-35,71-72H2,1-8H3,(H2,73,95)(H,76,80)(H,78,98)(H,79,97)(H,81,93)(H,82,96)(H,83,102)(H,84,99)(H,85,104)(H,86,105)(H,87,101)(H,88,100)(H,89,103)(H4,74,75,77)/t46-,47-,48-,49-,50-,51-,52-,53-,54-,57-,58-/m0/s1. The van der Waals surface area contributed by atoms with Gasteiger partial charge in [-0.3, -0.25) is 67.3 Å². The molecule has 3 aromatic rings. The van der Waals surface area contributed by atoms with Crippen LogP contribution in [0.25, 0.3) is 0 Å². The molecule has 35 nitrogen and oxygen atoms in total. The molecule has 24 N–H and O–H groups in total. The number of thiol groups is 1. The van der Waals surface area contributed by atoms with E-state index in [2.05, 4.69) is 86.1 Å². The molecule has 2 aromatic carbocycles. The maximum Gasteiger partial charge on any atom is 0.244 e. The van der Waals surface area contributed by atoms with E-state index in [1.165, 1.54) is 66.0 Å². The highest BCUT2D eigenvalue weighted by Gasteiger charge is 2.38. The number of likely N-dealkylation sites (tertiary alicyclic amines) is 1. The number of amides is 13. The number of hydrogen-bond acceptors (Lipinski definition) is 20. The van der Waals surface area contributed by atoms with Crippen molar-refractivity contribution in [1.82, 2.24) is 73.4 Å². The van der Waals surface area contributed by atoms with Gasteiger partial charge in [0.2, 0.25) is 76.8 Å². The highest BCUT2D eigenvalue weighted by molar-refractivity contribution is 7.80. The normalized spacial score (nSPS) is 15.5. The summed E-state index contributed by atoms with van der Waals surface area (Å²) in [6, 6.07) is -2.70. The molecular formula is C70H110N20O15S. The number of nitrogens with one attached hydrogen (secondary N) is 12. The number of aliphatic imine (C=N–C) groups is 1. The molecule has 0 aliphatic carbocycles. The molecule has 0 bridgehead atoms. The number of phenols is 2. The summed E-state index contributed by atoms with van der Waals surface area (Å²) in [5.74, 6) is -12.3. The number of carbonyl (C=O) groups is 13. The number of rotatable bonds is 45. The van der Waals surface area contributed by atoms with Gasteiger partial charge in [-0.05, 0) is 123 Å². The molecule has 4 rings (SSSR count). The predicted molar refractivity (Wildman–Crippen MR) is 396 cm³/mol. The lowest BCUT2D eigenvalue weighted by Crippen LogP contribution is -2.61. The molecule has 1 aliphatic rings. The summed E-state index contributed by atoms with van der Waals surface area (Å²) in [6.07, 6.45) is 4.52. The van der Waals surface area contributed by atoms with E-state index in [1.54, 1.807) is 27.7 Å². The third-order valence-corrected chi connectivity index (χ3v) is 17.6. The highest BCUT2D eigenvalue weighted by atomic mass is 32.1. The lowest BCUT2D eigenvalue weighted by atomic mass is 9.99. The van der Waals surface area contributed by atoms with E-state index in [0.717, 1.165) is 0 Å².